The minimum atomic E-state index is 0.273. The molecule has 0 aromatic heterocycles. The van der Waals surface area contributed by atoms with Crippen molar-refractivity contribution in [3.8, 4) is 0 Å². The van der Waals surface area contributed by atoms with E-state index in [1.54, 1.807) is 0 Å². The Morgan fingerprint density at radius 1 is 0.640 bits per heavy atom. The summed E-state index contributed by atoms with van der Waals surface area (Å²) in [5.74, 6) is 0.633. The van der Waals surface area contributed by atoms with E-state index in [0.717, 1.165) is 6.42 Å². The topological polar surface area (TPSA) is 0 Å². The van der Waals surface area contributed by atoms with Gasteiger partial charge in [0.15, 0.2) is 0 Å². The summed E-state index contributed by atoms with van der Waals surface area (Å²) in [6, 6.07) is 17.9. The highest BCUT2D eigenvalue weighted by Crippen LogP contribution is 2.24. The zero-order chi connectivity index (χ0) is 19.3. The standard InChI is InChI=1S/C13H20.C12H18/c1-10(2)11-6-8-12(9-7-11)13(3,4)5;1-5-10-6-8-11(9-7-10)12(2,3)4/h6-10H,1-5H3;6-9H,5H2,1-4H3. The van der Waals surface area contributed by atoms with Crippen LogP contribution in [-0.2, 0) is 17.3 Å². The Balaban J connectivity index is 0.000000251. The fourth-order valence-electron chi connectivity index (χ4n) is 2.61. The molecule has 0 atom stereocenters. The summed E-state index contributed by atoms with van der Waals surface area (Å²) in [4.78, 5) is 0. The monoisotopic (exact) mass is 338 g/mol. The van der Waals surface area contributed by atoms with Crippen molar-refractivity contribution in [2.45, 2.75) is 85.5 Å². The Kier molecular flexibility index (Phi) is 7.47. The van der Waals surface area contributed by atoms with Gasteiger partial charge in [-0.05, 0) is 45.4 Å². The zero-order valence-corrected chi connectivity index (χ0v) is 17.9. The van der Waals surface area contributed by atoms with E-state index >= 15 is 0 Å². The number of benzene rings is 2. The Morgan fingerprint density at radius 2 is 1.00 bits per heavy atom. The van der Waals surface area contributed by atoms with E-state index < -0.39 is 0 Å². The second kappa shape index (κ2) is 8.70. The molecule has 0 bridgehead atoms. The van der Waals surface area contributed by atoms with Gasteiger partial charge in [0.25, 0.3) is 0 Å². The molecule has 0 nitrogen and oxygen atoms in total. The smallest absolute Gasteiger partial charge is 0.0132 e. The van der Waals surface area contributed by atoms with Gasteiger partial charge in [0.1, 0.15) is 0 Å². The predicted octanol–water partition coefficient (Wildman–Crippen LogP) is 7.65. The minimum Gasteiger partial charge on any atom is -0.0613 e. The molecule has 0 heteroatoms. The molecule has 0 saturated heterocycles. The lowest BCUT2D eigenvalue weighted by Crippen LogP contribution is -2.10. The van der Waals surface area contributed by atoms with Crippen LogP contribution in [0.15, 0.2) is 48.5 Å². The average Bonchev–Trinajstić information content (AvgIpc) is 2.54. The van der Waals surface area contributed by atoms with Crippen LogP contribution in [0.1, 0.15) is 90.5 Å². The molecule has 0 N–H and O–H groups in total. The van der Waals surface area contributed by atoms with Crippen molar-refractivity contribution in [1.82, 2.24) is 0 Å². The SMILES string of the molecule is CC(C)c1ccc(C(C)(C)C)cc1.CCc1ccc(C(C)(C)C)cc1. The molecule has 0 aliphatic carbocycles. The summed E-state index contributed by atoms with van der Waals surface area (Å²) in [6.07, 6.45) is 1.13. The minimum absolute atomic E-state index is 0.273. The van der Waals surface area contributed by atoms with Gasteiger partial charge in [0.05, 0.1) is 0 Å². The highest BCUT2D eigenvalue weighted by molar-refractivity contribution is 5.29. The zero-order valence-electron chi connectivity index (χ0n) is 17.9. The van der Waals surface area contributed by atoms with Gasteiger partial charge < -0.3 is 0 Å². The maximum absolute atomic E-state index is 2.25. The van der Waals surface area contributed by atoms with Crippen molar-refractivity contribution in [2.24, 2.45) is 0 Å². The van der Waals surface area contributed by atoms with Crippen molar-refractivity contribution in [3.05, 3.63) is 70.8 Å². The first-order valence-electron chi connectivity index (χ1n) is 9.65. The Labute approximate surface area is 156 Å². The van der Waals surface area contributed by atoms with Crippen molar-refractivity contribution in [3.63, 3.8) is 0 Å². The van der Waals surface area contributed by atoms with Crippen LogP contribution in [0.4, 0.5) is 0 Å². The van der Waals surface area contributed by atoms with Gasteiger partial charge in [0.2, 0.25) is 0 Å². The van der Waals surface area contributed by atoms with Crippen molar-refractivity contribution in [1.29, 1.82) is 0 Å². The molecule has 0 amide bonds. The van der Waals surface area contributed by atoms with E-state index in [9.17, 15) is 0 Å². The second-order valence-electron chi connectivity index (χ2n) is 9.33. The van der Waals surface area contributed by atoms with Crippen LogP contribution in [-0.4, -0.2) is 0 Å². The van der Waals surface area contributed by atoms with E-state index in [2.05, 4.69) is 111 Å². The predicted molar refractivity (Wildman–Crippen MR) is 114 cm³/mol. The summed E-state index contributed by atoms with van der Waals surface area (Å²) < 4.78 is 0. The summed E-state index contributed by atoms with van der Waals surface area (Å²) in [6.45, 7) is 20.1. The van der Waals surface area contributed by atoms with Gasteiger partial charge in [-0.1, -0.05) is 111 Å². The summed E-state index contributed by atoms with van der Waals surface area (Å²) >= 11 is 0. The maximum atomic E-state index is 2.25. The fourth-order valence-corrected chi connectivity index (χ4v) is 2.61. The third-order valence-corrected chi connectivity index (χ3v) is 4.67. The number of hydrogen-bond acceptors (Lipinski definition) is 0. The molecule has 0 heterocycles. The van der Waals surface area contributed by atoms with Crippen LogP contribution >= 0.6 is 0 Å². The number of aryl methyl sites for hydroxylation is 1. The van der Waals surface area contributed by atoms with Crippen molar-refractivity contribution < 1.29 is 0 Å². The molecule has 0 aliphatic rings. The van der Waals surface area contributed by atoms with Gasteiger partial charge in [-0.2, -0.15) is 0 Å². The quantitative estimate of drug-likeness (QED) is 0.527. The Morgan fingerprint density at radius 3 is 1.28 bits per heavy atom. The molecular weight excluding hydrogens is 300 g/mol. The molecule has 2 aromatic carbocycles. The average molecular weight is 339 g/mol. The molecular formula is C25H38. The van der Waals surface area contributed by atoms with Crippen LogP contribution in [0, 0.1) is 0 Å². The highest BCUT2D eigenvalue weighted by Gasteiger charge is 2.13. The molecule has 2 aromatic rings. The van der Waals surface area contributed by atoms with Crippen LogP contribution in [0.3, 0.4) is 0 Å². The van der Waals surface area contributed by atoms with Crippen LogP contribution < -0.4 is 0 Å². The lowest BCUT2D eigenvalue weighted by Gasteiger charge is -2.19. The van der Waals surface area contributed by atoms with Gasteiger partial charge in [-0.3, -0.25) is 0 Å². The molecule has 0 unspecified atom stereocenters. The first kappa shape index (κ1) is 21.5. The third kappa shape index (κ3) is 7.06. The molecule has 0 spiro atoms. The van der Waals surface area contributed by atoms with Crippen LogP contribution in [0.5, 0.6) is 0 Å². The normalized spacial score (nSPS) is 11.9. The van der Waals surface area contributed by atoms with E-state index in [0.29, 0.717) is 5.92 Å². The maximum Gasteiger partial charge on any atom is -0.0132 e. The molecule has 0 saturated carbocycles. The lowest BCUT2D eigenvalue weighted by atomic mass is 9.86. The molecule has 0 fully saturated rings. The van der Waals surface area contributed by atoms with E-state index in [1.807, 2.05) is 0 Å². The van der Waals surface area contributed by atoms with Gasteiger partial charge >= 0.3 is 0 Å². The second-order valence-corrected chi connectivity index (χ2v) is 9.33. The molecule has 138 valence electrons. The Hall–Kier alpha value is -1.56. The van der Waals surface area contributed by atoms with E-state index in [-0.39, 0.29) is 10.8 Å². The van der Waals surface area contributed by atoms with Crippen molar-refractivity contribution >= 4 is 0 Å². The summed E-state index contributed by atoms with van der Waals surface area (Å²) in [5.41, 5.74) is 6.23. The molecule has 0 radical (unpaired) electrons. The number of rotatable bonds is 2. The third-order valence-electron chi connectivity index (χ3n) is 4.67. The van der Waals surface area contributed by atoms with E-state index in [4.69, 9.17) is 0 Å². The number of hydrogen-bond donors (Lipinski definition) is 0. The molecule has 0 aliphatic heterocycles. The fraction of sp³-hybridized carbons (Fsp3) is 0.520. The summed E-state index contributed by atoms with van der Waals surface area (Å²) in [7, 11) is 0. The van der Waals surface area contributed by atoms with Gasteiger partial charge in [-0.25, -0.2) is 0 Å². The van der Waals surface area contributed by atoms with Crippen LogP contribution in [0.2, 0.25) is 0 Å². The highest BCUT2D eigenvalue weighted by atomic mass is 14.2. The molecule has 25 heavy (non-hydrogen) atoms. The first-order chi connectivity index (χ1) is 11.4. The summed E-state index contributed by atoms with van der Waals surface area (Å²) in [5, 5.41) is 0. The largest absolute Gasteiger partial charge is 0.0613 e. The van der Waals surface area contributed by atoms with Crippen molar-refractivity contribution in [2.75, 3.05) is 0 Å². The lowest BCUT2D eigenvalue weighted by molar-refractivity contribution is 0.589. The van der Waals surface area contributed by atoms with Gasteiger partial charge in [0, 0.05) is 0 Å². The molecule has 2 rings (SSSR count). The van der Waals surface area contributed by atoms with Crippen LogP contribution in [0.25, 0.3) is 0 Å². The first-order valence-corrected chi connectivity index (χ1v) is 9.65. The van der Waals surface area contributed by atoms with E-state index in [1.165, 1.54) is 22.3 Å². The van der Waals surface area contributed by atoms with Gasteiger partial charge in [-0.15, -0.1) is 0 Å². The Bertz CT molecular complexity index is 614.